The number of H-pyrrole nitrogens is 1. The van der Waals surface area contributed by atoms with E-state index < -0.39 is 0 Å². The van der Waals surface area contributed by atoms with Crippen LogP contribution in [0.2, 0.25) is 0 Å². The molecule has 4 heteroatoms. The molecule has 1 atom stereocenters. The van der Waals surface area contributed by atoms with Crippen LogP contribution in [0.15, 0.2) is 79.0 Å². The minimum atomic E-state index is 0.142. The fourth-order valence-electron chi connectivity index (χ4n) is 3.88. The number of nitrogens with one attached hydrogen (secondary N) is 1. The van der Waals surface area contributed by atoms with Crippen molar-refractivity contribution in [1.29, 1.82) is 0 Å². The van der Waals surface area contributed by atoms with E-state index in [9.17, 15) is 4.79 Å². The van der Waals surface area contributed by atoms with E-state index in [1.165, 1.54) is 5.69 Å². The van der Waals surface area contributed by atoms with Crippen molar-refractivity contribution in [3.8, 4) is 0 Å². The second-order valence-electron chi connectivity index (χ2n) is 7.05. The van der Waals surface area contributed by atoms with E-state index >= 15 is 0 Å². The molecule has 3 aromatic rings. The molecule has 1 aliphatic rings. The van der Waals surface area contributed by atoms with Gasteiger partial charge >= 0.3 is 0 Å². The number of nitrogens with zero attached hydrogens (tertiary/aromatic N) is 2. The van der Waals surface area contributed by atoms with E-state index in [0.29, 0.717) is 19.1 Å². The van der Waals surface area contributed by atoms with Gasteiger partial charge in [0, 0.05) is 17.6 Å². The summed E-state index contributed by atoms with van der Waals surface area (Å²) in [6.45, 7) is 1.99. The summed E-state index contributed by atoms with van der Waals surface area (Å²) in [4.78, 5) is 20.8. The lowest BCUT2D eigenvalue weighted by Crippen LogP contribution is -2.40. The van der Waals surface area contributed by atoms with Gasteiger partial charge in [0.15, 0.2) is 0 Å². The topological polar surface area (TPSA) is 39.3 Å². The average molecular weight is 359 g/mol. The van der Waals surface area contributed by atoms with Gasteiger partial charge in [-0.15, -0.1) is 0 Å². The van der Waals surface area contributed by atoms with Crippen LogP contribution in [0.1, 0.15) is 30.1 Å². The SMILES string of the molecule is O=C(CN1CCC[C@H]1c1ccc[nH]1)N(Cc1ccccc1)c1ccccc1. The number of amides is 1. The molecule has 138 valence electrons. The highest BCUT2D eigenvalue weighted by Crippen LogP contribution is 2.31. The third-order valence-corrected chi connectivity index (χ3v) is 5.24. The van der Waals surface area contributed by atoms with Gasteiger partial charge < -0.3 is 9.88 Å². The van der Waals surface area contributed by atoms with Crippen LogP contribution in [0.4, 0.5) is 5.69 Å². The molecular weight excluding hydrogens is 334 g/mol. The van der Waals surface area contributed by atoms with Gasteiger partial charge in [-0.3, -0.25) is 9.69 Å². The molecule has 0 bridgehead atoms. The number of aromatic amines is 1. The Labute approximate surface area is 160 Å². The molecule has 1 fully saturated rings. The van der Waals surface area contributed by atoms with E-state index in [-0.39, 0.29) is 5.91 Å². The van der Waals surface area contributed by atoms with Crippen molar-refractivity contribution in [3.05, 3.63) is 90.3 Å². The van der Waals surface area contributed by atoms with Crippen LogP contribution in [0.3, 0.4) is 0 Å². The second kappa shape index (κ2) is 8.23. The Kier molecular flexibility index (Phi) is 5.35. The van der Waals surface area contributed by atoms with Crippen LogP contribution < -0.4 is 4.90 Å². The van der Waals surface area contributed by atoms with Gasteiger partial charge in [-0.1, -0.05) is 48.5 Å². The summed E-state index contributed by atoms with van der Waals surface area (Å²) in [5.74, 6) is 0.142. The van der Waals surface area contributed by atoms with Gasteiger partial charge in [0.2, 0.25) is 5.91 Å². The van der Waals surface area contributed by atoms with Crippen molar-refractivity contribution in [1.82, 2.24) is 9.88 Å². The lowest BCUT2D eigenvalue weighted by Gasteiger charge is -2.28. The Morgan fingerprint density at radius 3 is 2.44 bits per heavy atom. The van der Waals surface area contributed by atoms with E-state index in [4.69, 9.17) is 0 Å². The molecule has 0 unspecified atom stereocenters. The summed E-state index contributed by atoms with van der Waals surface area (Å²) < 4.78 is 0. The van der Waals surface area contributed by atoms with Crippen molar-refractivity contribution in [3.63, 3.8) is 0 Å². The van der Waals surface area contributed by atoms with Crippen LogP contribution >= 0.6 is 0 Å². The summed E-state index contributed by atoms with van der Waals surface area (Å²) in [6.07, 6.45) is 4.18. The van der Waals surface area contributed by atoms with Crippen molar-refractivity contribution < 1.29 is 4.79 Å². The maximum absolute atomic E-state index is 13.3. The van der Waals surface area contributed by atoms with E-state index in [1.807, 2.05) is 65.7 Å². The fourth-order valence-corrected chi connectivity index (χ4v) is 3.88. The normalized spacial score (nSPS) is 17.1. The molecule has 2 aromatic carbocycles. The van der Waals surface area contributed by atoms with Gasteiger partial charge in [-0.2, -0.15) is 0 Å². The van der Waals surface area contributed by atoms with Crippen molar-refractivity contribution >= 4 is 11.6 Å². The zero-order chi connectivity index (χ0) is 18.5. The summed E-state index contributed by atoms with van der Waals surface area (Å²) in [5, 5.41) is 0. The quantitative estimate of drug-likeness (QED) is 0.709. The smallest absolute Gasteiger partial charge is 0.241 e. The molecule has 0 saturated carbocycles. The Hall–Kier alpha value is -2.85. The van der Waals surface area contributed by atoms with Gasteiger partial charge in [-0.05, 0) is 49.2 Å². The largest absolute Gasteiger partial charge is 0.364 e. The monoisotopic (exact) mass is 359 g/mol. The number of hydrogen-bond acceptors (Lipinski definition) is 2. The van der Waals surface area contributed by atoms with Gasteiger partial charge in [0.1, 0.15) is 0 Å². The molecular formula is C23H25N3O. The van der Waals surface area contributed by atoms with Gasteiger partial charge in [-0.25, -0.2) is 0 Å². The van der Waals surface area contributed by atoms with Crippen molar-refractivity contribution in [2.24, 2.45) is 0 Å². The van der Waals surface area contributed by atoms with Crippen LogP contribution in [0, 0.1) is 0 Å². The zero-order valence-electron chi connectivity index (χ0n) is 15.4. The molecule has 1 aromatic heterocycles. The number of benzene rings is 2. The lowest BCUT2D eigenvalue weighted by atomic mass is 10.1. The van der Waals surface area contributed by atoms with Crippen molar-refractivity contribution in [2.45, 2.75) is 25.4 Å². The number of anilines is 1. The Morgan fingerprint density at radius 2 is 1.74 bits per heavy atom. The van der Waals surface area contributed by atoms with E-state index in [1.54, 1.807) is 0 Å². The molecule has 4 nitrogen and oxygen atoms in total. The molecule has 1 saturated heterocycles. The predicted octanol–water partition coefficient (Wildman–Crippen LogP) is 4.39. The van der Waals surface area contributed by atoms with Crippen LogP contribution in [0.5, 0.6) is 0 Å². The summed E-state index contributed by atoms with van der Waals surface area (Å²) in [6, 6.07) is 24.6. The third kappa shape index (κ3) is 4.12. The highest BCUT2D eigenvalue weighted by Gasteiger charge is 2.30. The molecule has 1 amide bonds. The minimum absolute atomic E-state index is 0.142. The molecule has 0 radical (unpaired) electrons. The number of likely N-dealkylation sites (tertiary alicyclic amines) is 1. The van der Waals surface area contributed by atoms with Gasteiger partial charge in [0.25, 0.3) is 0 Å². The standard InChI is InChI=1S/C23H25N3O/c27-23(18-25-16-8-14-22(25)21-13-7-15-24-21)26(20-11-5-2-6-12-20)17-19-9-3-1-4-10-19/h1-7,9-13,15,22,24H,8,14,16-18H2/t22-/m0/s1. The summed E-state index contributed by atoms with van der Waals surface area (Å²) >= 11 is 0. The van der Waals surface area contributed by atoms with E-state index in [0.717, 1.165) is 30.6 Å². The van der Waals surface area contributed by atoms with Crippen LogP contribution in [-0.2, 0) is 11.3 Å². The maximum Gasteiger partial charge on any atom is 0.241 e. The number of carbonyl (C=O) groups excluding carboxylic acids is 1. The Balaban J connectivity index is 1.53. The minimum Gasteiger partial charge on any atom is -0.364 e. The zero-order valence-corrected chi connectivity index (χ0v) is 15.4. The Morgan fingerprint density at radius 1 is 1.00 bits per heavy atom. The fraction of sp³-hybridized carbons (Fsp3) is 0.261. The number of hydrogen-bond donors (Lipinski definition) is 1. The molecule has 0 spiro atoms. The maximum atomic E-state index is 13.3. The predicted molar refractivity (Wildman–Crippen MR) is 108 cm³/mol. The summed E-state index contributed by atoms with van der Waals surface area (Å²) in [7, 11) is 0. The highest BCUT2D eigenvalue weighted by atomic mass is 16.2. The molecule has 2 heterocycles. The van der Waals surface area contributed by atoms with Crippen molar-refractivity contribution in [2.75, 3.05) is 18.0 Å². The first-order valence-corrected chi connectivity index (χ1v) is 9.58. The first-order chi connectivity index (χ1) is 13.3. The molecule has 0 aliphatic carbocycles. The first-order valence-electron chi connectivity index (χ1n) is 9.58. The molecule has 4 rings (SSSR count). The van der Waals surface area contributed by atoms with Crippen LogP contribution in [-0.4, -0.2) is 28.9 Å². The summed E-state index contributed by atoms with van der Waals surface area (Å²) in [5.41, 5.74) is 3.29. The van der Waals surface area contributed by atoms with E-state index in [2.05, 4.69) is 28.1 Å². The number of rotatable bonds is 6. The number of aromatic nitrogens is 1. The molecule has 27 heavy (non-hydrogen) atoms. The number of para-hydroxylation sites is 1. The Bertz CT molecular complexity index is 846. The second-order valence-corrected chi connectivity index (χ2v) is 7.05. The molecule has 1 N–H and O–H groups in total. The lowest BCUT2D eigenvalue weighted by molar-refractivity contribution is -0.120. The molecule has 1 aliphatic heterocycles. The highest BCUT2D eigenvalue weighted by molar-refractivity contribution is 5.94. The first kappa shape index (κ1) is 17.6. The average Bonchev–Trinajstić information content (AvgIpc) is 3.39. The van der Waals surface area contributed by atoms with Gasteiger partial charge in [0.05, 0.1) is 19.1 Å². The third-order valence-electron chi connectivity index (χ3n) is 5.24. The number of carbonyl (C=O) groups is 1. The van der Waals surface area contributed by atoms with Crippen LogP contribution in [0.25, 0.3) is 0 Å².